The summed E-state index contributed by atoms with van der Waals surface area (Å²) in [6.45, 7) is 0.618. The van der Waals surface area contributed by atoms with Gasteiger partial charge in [-0.1, -0.05) is 5.92 Å². The molecule has 1 aliphatic heterocycles. The Balaban J connectivity index is 2.51. The van der Waals surface area contributed by atoms with E-state index in [-0.39, 0.29) is 5.56 Å². The summed E-state index contributed by atoms with van der Waals surface area (Å²) < 4.78 is 20.1. The number of rotatable bonds is 2. The van der Waals surface area contributed by atoms with Crippen LogP contribution in [0.4, 0.5) is 4.39 Å². The largest absolute Gasteiger partial charge is 0.392 e. The highest BCUT2D eigenvalue weighted by Gasteiger charge is 2.55. The zero-order valence-electron chi connectivity index (χ0n) is 10.5. The molecule has 1 aromatic heterocycles. The molecular weight excluding hydrogens is 271 g/mol. The van der Waals surface area contributed by atoms with Crippen LogP contribution in [-0.2, 0) is 4.74 Å². The first-order chi connectivity index (χ1) is 9.36. The van der Waals surface area contributed by atoms with Gasteiger partial charge in [-0.25, -0.2) is 9.18 Å². The molecule has 8 heteroatoms. The van der Waals surface area contributed by atoms with Crippen molar-refractivity contribution in [3.05, 3.63) is 32.6 Å². The number of H-pyrrole nitrogens is 1. The van der Waals surface area contributed by atoms with Crippen LogP contribution in [0, 0.1) is 19.3 Å². The molecule has 3 N–H and O–H groups in total. The normalized spacial score (nSPS) is 33.0. The van der Waals surface area contributed by atoms with E-state index in [0.717, 1.165) is 10.8 Å². The second-order valence-electron chi connectivity index (χ2n) is 4.57. The Hall–Kier alpha value is -1.95. The summed E-state index contributed by atoms with van der Waals surface area (Å²) >= 11 is 0. The number of hydrogen-bond donors (Lipinski definition) is 3. The molecule has 0 aliphatic carbocycles. The van der Waals surface area contributed by atoms with E-state index in [1.165, 1.54) is 6.92 Å². The third-order valence-electron chi connectivity index (χ3n) is 3.28. The number of aryl methyl sites for hydroxylation is 1. The molecule has 0 spiro atoms. The first-order valence-corrected chi connectivity index (χ1v) is 5.77. The maximum Gasteiger partial charge on any atom is 0.330 e. The molecule has 0 amide bonds. The van der Waals surface area contributed by atoms with Gasteiger partial charge in [-0.15, -0.1) is 6.42 Å². The number of ether oxygens (including phenoxy) is 1. The van der Waals surface area contributed by atoms with E-state index in [2.05, 4.69) is 0 Å². The lowest BCUT2D eigenvalue weighted by atomic mass is 9.98. The molecule has 1 saturated heterocycles. The molecule has 7 nitrogen and oxygen atoms in total. The van der Waals surface area contributed by atoms with Crippen LogP contribution in [0.1, 0.15) is 11.8 Å². The SMILES string of the molecule is C#C[C@]1(CO)O[C@@H](n2cc(C)c(=O)[nH]c2=O)[C@@H](F)[C@@H]1O. The Morgan fingerprint density at radius 2 is 2.30 bits per heavy atom. The molecule has 2 heterocycles. The molecular formula is C12H13FN2O5. The fourth-order valence-corrected chi connectivity index (χ4v) is 2.04. The minimum atomic E-state index is -2.03. The number of alkyl halides is 1. The van der Waals surface area contributed by atoms with E-state index >= 15 is 0 Å². The summed E-state index contributed by atoms with van der Waals surface area (Å²) in [4.78, 5) is 24.9. The average Bonchev–Trinajstić information content (AvgIpc) is 2.68. The number of aliphatic hydroxyl groups excluding tert-OH is 2. The van der Waals surface area contributed by atoms with Gasteiger partial charge in [0.2, 0.25) is 0 Å². The van der Waals surface area contributed by atoms with Crippen molar-refractivity contribution in [1.29, 1.82) is 0 Å². The topological polar surface area (TPSA) is 105 Å². The zero-order valence-corrected chi connectivity index (χ0v) is 10.5. The van der Waals surface area contributed by atoms with Gasteiger partial charge in [0.05, 0.1) is 6.61 Å². The van der Waals surface area contributed by atoms with Crippen LogP contribution >= 0.6 is 0 Å². The van der Waals surface area contributed by atoms with Crippen LogP contribution in [0.5, 0.6) is 0 Å². The number of aromatic amines is 1. The predicted octanol–water partition coefficient (Wildman–Crippen LogP) is -1.56. The van der Waals surface area contributed by atoms with Crippen LogP contribution in [0.2, 0.25) is 0 Å². The smallest absolute Gasteiger partial charge is 0.330 e. The molecule has 0 saturated carbocycles. The summed E-state index contributed by atoms with van der Waals surface area (Å²) in [5.74, 6) is 2.00. The van der Waals surface area contributed by atoms with Crippen molar-refractivity contribution in [2.45, 2.75) is 31.0 Å². The molecule has 0 bridgehead atoms. The molecule has 1 fully saturated rings. The van der Waals surface area contributed by atoms with Crippen LogP contribution in [0.3, 0.4) is 0 Å². The highest BCUT2D eigenvalue weighted by atomic mass is 19.1. The van der Waals surface area contributed by atoms with Crippen LogP contribution in [-0.4, -0.2) is 44.2 Å². The minimum Gasteiger partial charge on any atom is -0.392 e. The van der Waals surface area contributed by atoms with Crippen molar-refractivity contribution in [3.8, 4) is 12.3 Å². The Kier molecular flexibility index (Phi) is 3.52. The average molecular weight is 284 g/mol. The lowest BCUT2D eigenvalue weighted by molar-refractivity contribution is -0.0923. The molecule has 108 valence electrons. The quantitative estimate of drug-likeness (QED) is 0.570. The predicted molar refractivity (Wildman–Crippen MR) is 65.7 cm³/mol. The van der Waals surface area contributed by atoms with Gasteiger partial charge in [-0.3, -0.25) is 14.3 Å². The fourth-order valence-electron chi connectivity index (χ4n) is 2.04. The summed E-state index contributed by atoms with van der Waals surface area (Å²) in [5.41, 5.74) is -3.26. The monoisotopic (exact) mass is 284 g/mol. The van der Waals surface area contributed by atoms with Gasteiger partial charge in [-0.2, -0.15) is 0 Å². The van der Waals surface area contributed by atoms with Crippen LogP contribution < -0.4 is 11.2 Å². The molecule has 1 aromatic rings. The van der Waals surface area contributed by atoms with Crippen molar-refractivity contribution in [1.82, 2.24) is 9.55 Å². The van der Waals surface area contributed by atoms with Crippen molar-refractivity contribution in [3.63, 3.8) is 0 Å². The lowest BCUT2D eigenvalue weighted by Gasteiger charge is -2.23. The van der Waals surface area contributed by atoms with E-state index in [0.29, 0.717) is 0 Å². The second-order valence-corrected chi connectivity index (χ2v) is 4.57. The molecule has 0 unspecified atom stereocenters. The highest BCUT2D eigenvalue weighted by Crippen LogP contribution is 2.37. The Bertz CT molecular complexity index is 676. The van der Waals surface area contributed by atoms with Gasteiger partial charge in [0.15, 0.2) is 18.0 Å². The van der Waals surface area contributed by atoms with Crippen molar-refractivity contribution < 1.29 is 19.3 Å². The van der Waals surface area contributed by atoms with E-state index in [1.807, 2.05) is 10.9 Å². The third-order valence-corrected chi connectivity index (χ3v) is 3.28. The first-order valence-electron chi connectivity index (χ1n) is 5.77. The number of aromatic nitrogens is 2. The maximum absolute atomic E-state index is 14.1. The second kappa shape index (κ2) is 4.86. The minimum absolute atomic E-state index is 0.164. The Morgan fingerprint density at radius 1 is 1.65 bits per heavy atom. The maximum atomic E-state index is 14.1. The standard InChI is InChI=1S/C12H13FN2O5/c1-3-12(5-16)8(17)7(13)10(20-12)15-4-6(2)9(18)14-11(15)19/h1,4,7-8,10,16-17H,5H2,2H3,(H,14,18,19)/t7-,8-,10+,12+/m0/s1. The van der Waals surface area contributed by atoms with Crippen LogP contribution in [0.15, 0.2) is 15.8 Å². The first kappa shape index (κ1) is 14.5. The summed E-state index contributed by atoms with van der Waals surface area (Å²) in [6, 6.07) is 0. The van der Waals surface area contributed by atoms with Crippen LogP contribution in [0.25, 0.3) is 0 Å². The van der Waals surface area contributed by atoms with E-state index in [4.69, 9.17) is 11.2 Å². The van der Waals surface area contributed by atoms with Crippen molar-refractivity contribution in [2.75, 3.05) is 6.61 Å². The fraction of sp³-hybridized carbons (Fsp3) is 0.500. The van der Waals surface area contributed by atoms with Gasteiger partial charge in [0, 0.05) is 11.8 Å². The summed E-state index contributed by atoms with van der Waals surface area (Å²) in [5, 5.41) is 19.0. The van der Waals surface area contributed by atoms with Crippen molar-refractivity contribution >= 4 is 0 Å². The van der Waals surface area contributed by atoms with E-state index in [1.54, 1.807) is 0 Å². The van der Waals surface area contributed by atoms with Crippen molar-refractivity contribution in [2.24, 2.45) is 0 Å². The number of terminal acetylenes is 1. The number of hydrogen-bond acceptors (Lipinski definition) is 5. The van der Waals surface area contributed by atoms with Gasteiger partial charge >= 0.3 is 5.69 Å². The van der Waals surface area contributed by atoms with E-state index < -0.39 is 42.0 Å². The molecule has 0 aromatic carbocycles. The number of nitrogens with zero attached hydrogens (tertiary/aromatic N) is 1. The third kappa shape index (κ3) is 1.96. The van der Waals surface area contributed by atoms with E-state index in [9.17, 15) is 24.2 Å². The molecule has 0 radical (unpaired) electrons. The summed E-state index contributed by atoms with van der Waals surface area (Å²) in [7, 11) is 0. The number of halogens is 1. The molecule has 2 rings (SSSR count). The Morgan fingerprint density at radius 3 is 2.80 bits per heavy atom. The van der Waals surface area contributed by atoms with Gasteiger partial charge in [-0.05, 0) is 6.92 Å². The van der Waals surface area contributed by atoms with Gasteiger partial charge in [0.25, 0.3) is 5.56 Å². The molecule has 20 heavy (non-hydrogen) atoms. The molecule has 4 atom stereocenters. The Labute approximate surface area is 112 Å². The lowest BCUT2D eigenvalue weighted by Crippen LogP contribution is -2.44. The summed E-state index contributed by atoms with van der Waals surface area (Å²) in [6.07, 6.45) is 0.916. The van der Waals surface area contributed by atoms with Gasteiger partial charge < -0.3 is 14.9 Å². The molecule has 1 aliphatic rings. The van der Waals surface area contributed by atoms with Gasteiger partial charge in [0.1, 0.15) is 6.10 Å². The number of aliphatic hydroxyl groups is 2. The highest BCUT2D eigenvalue weighted by molar-refractivity contribution is 5.18. The number of nitrogens with one attached hydrogen (secondary N) is 1. The zero-order chi connectivity index (χ0) is 15.1.